The lowest BCUT2D eigenvalue weighted by atomic mass is 10.1. The van der Waals surface area contributed by atoms with Gasteiger partial charge in [0.05, 0.1) is 17.6 Å². The lowest BCUT2D eigenvalue weighted by Gasteiger charge is -2.11. The first-order chi connectivity index (χ1) is 10.2. The summed E-state index contributed by atoms with van der Waals surface area (Å²) in [5, 5.41) is 9.63. The molecule has 112 valence electrons. The number of hydrogen-bond donors (Lipinski definition) is 1. The van der Waals surface area contributed by atoms with E-state index in [1.165, 1.54) is 11.8 Å². The highest BCUT2D eigenvalue weighted by Crippen LogP contribution is 2.26. The van der Waals surface area contributed by atoms with Crippen LogP contribution in [0, 0.1) is 0 Å². The highest BCUT2D eigenvalue weighted by Gasteiger charge is 2.13. The summed E-state index contributed by atoms with van der Waals surface area (Å²) in [6.45, 7) is 3.05. The highest BCUT2D eigenvalue weighted by molar-refractivity contribution is 7.99. The van der Waals surface area contributed by atoms with E-state index in [2.05, 4.69) is 28.6 Å². The van der Waals surface area contributed by atoms with Crippen LogP contribution in [0.25, 0.3) is 11.3 Å². The first-order valence-electron chi connectivity index (χ1n) is 7.18. The fraction of sp³-hybridized carbons (Fsp3) is 0.375. The average Bonchev–Trinajstić information content (AvgIpc) is 2.89. The van der Waals surface area contributed by atoms with Crippen molar-refractivity contribution in [1.29, 1.82) is 0 Å². The molecule has 4 nitrogen and oxygen atoms in total. The van der Waals surface area contributed by atoms with E-state index >= 15 is 0 Å². The molecular weight excluding hydrogens is 284 g/mol. The normalized spacial score (nSPS) is 10.7. The quantitative estimate of drug-likeness (QED) is 0.593. The monoisotopic (exact) mass is 304 g/mol. The van der Waals surface area contributed by atoms with E-state index in [1.54, 1.807) is 0 Å². The topological polar surface area (TPSA) is 55.1 Å². The van der Waals surface area contributed by atoms with Crippen molar-refractivity contribution in [2.24, 2.45) is 0 Å². The van der Waals surface area contributed by atoms with E-state index in [1.807, 2.05) is 24.4 Å². The molecule has 1 heterocycles. The van der Waals surface area contributed by atoms with Crippen molar-refractivity contribution in [2.75, 3.05) is 5.75 Å². The number of nitrogens with zero attached hydrogens (tertiary/aromatic N) is 2. The van der Waals surface area contributed by atoms with Crippen molar-refractivity contribution in [3.05, 3.63) is 36.5 Å². The number of thioether (sulfide) groups is 1. The Kier molecular flexibility index (Phi) is 5.87. The summed E-state index contributed by atoms with van der Waals surface area (Å²) in [4.78, 5) is 15.2. The minimum atomic E-state index is -0.815. The summed E-state index contributed by atoms with van der Waals surface area (Å²) in [5.74, 6) is -0.775. The molecule has 21 heavy (non-hydrogen) atoms. The minimum absolute atomic E-state index is 0.0407. The highest BCUT2D eigenvalue weighted by atomic mass is 32.2. The Hall–Kier alpha value is -1.75. The van der Waals surface area contributed by atoms with Crippen molar-refractivity contribution < 1.29 is 9.90 Å². The Morgan fingerprint density at radius 1 is 1.29 bits per heavy atom. The molecule has 0 aliphatic rings. The second-order valence-corrected chi connectivity index (χ2v) is 5.78. The Labute approximate surface area is 129 Å². The van der Waals surface area contributed by atoms with Crippen molar-refractivity contribution >= 4 is 17.7 Å². The van der Waals surface area contributed by atoms with Gasteiger partial charge in [-0.3, -0.25) is 4.79 Å². The number of unbranched alkanes of at least 4 members (excludes halogenated alkanes) is 2. The van der Waals surface area contributed by atoms with E-state index in [9.17, 15) is 4.79 Å². The summed E-state index contributed by atoms with van der Waals surface area (Å²) in [7, 11) is 0. The number of carbonyl (C=O) groups is 1. The zero-order valence-electron chi connectivity index (χ0n) is 12.2. The molecule has 0 fully saturated rings. The molecular formula is C16H20N2O2S. The summed E-state index contributed by atoms with van der Waals surface area (Å²) < 4.78 is 2.14. The SMILES string of the molecule is CCCCCn1c(-c2ccccc2)cnc1SCC(=O)O. The van der Waals surface area contributed by atoms with Crippen molar-refractivity contribution in [2.45, 2.75) is 37.9 Å². The van der Waals surface area contributed by atoms with Gasteiger partial charge >= 0.3 is 5.97 Å². The average molecular weight is 304 g/mol. The molecule has 0 unspecified atom stereocenters. The van der Waals surface area contributed by atoms with Gasteiger partial charge < -0.3 is 9.67 Å². The number of aliphatic carboxylic acids is 1. The van der Waals surface area contributed by atoms with Crippen LogP contribution in [0.3, 0.4) is 0 Å². The van der Waals surface area contributed by atoms with E-state index in [0.29, 0.717) is 0 Å². The largest absolute Gasteiger partial charge is 0.481 e. The Morgan fingerprint density at radius 3 is 2.71 bits per heavy atom. The first kappa shape index (κ1) is 15.6. The van der Waals surface area contributed by atoms with Crippen LogP contribution in [0.2, 0.25) is 0 Å². The molecule has 5 heteroatoms. The van der Waals surface area contributed by atoms with Gasteiger partial charge in [0.25, 0.3) is 0 Å². The van der Waals surface area contributed by atoms with Crippen LogP contribution < -0.4 is 0 Å². The van der Waals surface area contributed by atoms with Crippen molar-refractivity contribution in [3.63, 3.8) is 0 Å². The smallest absolute Gasteiger partial charge is 0.313 e. The van der Waals surface area contributed by atoms with E-state index in [-0.39, 0.29) is 5.75 Å². The zero-order chi connectivity index (χ0) is 15.1. The number of carboxylic acids is 1. The molecule has 0 aliphatic heterocycles. The van der Waals surface area contributed by atoms with Gasteiger partial charge in [0.2, 0.25) is 0 Å². The molecule has 1 aromatic carbocycles. The fourth-order valence-corrected chi connectivity index (χ4v) is 2.90. The van der Waals surface area contributed by atoms with E-state index < -0.39 is 5.97 Å². The van der Waals surface area contributed by atoms with Gasteiger partial charge in [0.1, 0.15) is 0 Å². The number of carboxylic acid groups (broad SMARTS) is 1. The number of aromatic nitrogens is 2. The van der Waals surface area contributed by atoms with Gasteiger partial charge in [-0.1, -0.05) is 61.9 Å². The molecule has 0 aliphatic carbocycles. The van der Waals surface area contributed by atoms with Gasteiger partial charge in [-0.15, -0.1) is 0 Å². The molecule has 2 aromatic rings. The van der Waals surface area contributed by atoms with E-state index in [0.717, 1.165) is 42.2 Å². The molecule has 1 aromatic heterocycles. The first-order valence-corrected chi connectivity index (χ1v) is 8.16. The molecule has 0 saturated carbocycles. The Balaban J connectivity index is 2.24. The summed E-state index contributed by atoms with van der Waals surface area (Å²) >= 11 is 1.28. The maximum atomic E-state index is 10.8. The molecule has 2 rings (SSSR count). The van der Waals surface area contributed by atoms with Crippen LogP contribution in [0.15, 0.2) is 41.7 Å². The van der Waals surface area contributed by atoms with Gasteiger partial charge in [-0.25, -0.2) is 4.98 Å². The maximum Gasteiger partial charge on any atom is 0.313 e. The zero-order valence-corrected chi connectivity index (χ0v) is 13.0. The van der Waals surface area contributed by atoms with Crippen LogP contribution in [-0.4, -0.2) is 26.4 Å². The number of hydrogen-bond acceptors (Lipinski definition) is 3. The maximum absolute atomic E-state index is 10.8. The predicted octanol–water partition coefficient (Wildman–Crippen LogP) is 3.92. The van der Waals surface area contributed by atoms with Crippen LogP contribution in [0.1, 0.15) is 26.2 Å². The minimum Gasteiger partial charge on any atom is -0.481 e. The van der Waals surface area contributed by atoms with Crippen LogP contribution in [-0.2, 0) is 11.3 Å². The van der Waals surface area contributed by atoms with E-state index in [4.69, 9.17) is 5.11 Å². The van der Waals surface area contributed by atoms with Crippen LogP contribution >= 0.6 is 11.8 Å². The summed E-state index contributed by atoms with van der Waals surface area (Å²) in [6, 6.07) is 10.1. The molecule has 0 atom stereocenters. The summed E-state index contributed by atoms with van der Waals surface area (Å²) in [6.07, 6.45) is 5.24. The van der Waals surface area contributed by atoms with Crippen LogP contribution in [0.4, 0.5) is 0 Å². The number of benzene rings is 1. The Morgan fingerprint density at radius 2 is 2.05 bits per heavy atom. The molecule has 0 bridgehead atoms. The third kappa shape index (κ3) is 4.36. The van der Waals surface area contributed by atoms with Crippen LogP contribution in [0.5, 0.6) is 0 Å². The standard InChI is InChI=1S/C16H20N2O2S/c1-2-3-7-10-18-14(13-8-5-4-6-9-13)11-17-16(18)21-12-15(19)20/h4-6,8-9,11H,2-3,7,10,12H2,1H3,(H,19,20). The van der Waals surface area contributed by atoms with Crippen molar-refractivity contribution in [1.82, 2.24) is 9.55 Å². The molecule has 0 spiro atoms. The van der Waals surface area contributed by atoms with Gasteiger partial charge in [-0.2, -0.15) is 0 Å². The van der Waals surface area contributed by atoms with Gasteiger partial charge in [0, 0.05) is 6.54 Å². The lowest BCUT2D eigenvalue weighted by Crippen LogP contribution is -2.05. The Bertz CT molecular complexity index is 581. The third-order valence-corrected chi connectivity index (χ3v) is 4.17. The molecule has 1 N–H and O–H groups in total. The van der Waals surface area contributed by atoms with Gasteiger partial charge in [-0.05, 0) is 12.0 Å². The number of imidazole rings is 1. The predicted molar refractivity (Wildman–Crippen MR) is 85.5 cm³/mol. The van der Waals surface area contributed by atoms with Gasteiger partial charge in [0.15, 0.2) is 5.16 Å². The summed E-state index contributed by atoms with van der Waals surface area (Å²) in [5.41, 5.74) is 2.17. The third-order valence-electron chi connectivity index (χ3n) is 3.20. The molecule has 0 saturated heterocycles. The fourth-order valence-electron chi connectivity index (χ4n) is 2.18. The molecule has 0 amide bonds. The lowest BCUT2D eigenvalue weighted by molar-refractivity contribution is -0.133. The number of rotatable bonds is 8. The second kappa shape index (κ2) is 7.88. The molecule has 0 radical (unpaired) electrons. The second-order valence-electron chi connectivity index (χ2n) is 4.83. The van der Waals surface area contributed by atoms with Crippen molar-refractivity contribution in [3.8, 4) is 11.3 Å².